The summed E-state index contributed by atoms with van der Waals surface area (Å²) in [7, 11) is 1.80. The van der Waals surface area contributed by atoms with Gasteiger partial charge < -0.3 is 10.4 Å². The number of aliphatic hydroxyl groups is 1. The molecule has 2 unspecified atom stereocenters. The van der Waals surface area contributed by atoms with Gasteiger partial charge in [-0.2, -0.15) is 5.10 Å². The molecule has 0 aliphatic heterocycles. The Labute approximate surface area is 126 Å². The molecule has 118 valence electrons. The molecule has 2 N–H and O–H groups in total. The van der Waals surface area contributed by atoms with Gasteiger partial charge in [-0.1, -0.05) is 27.2 Å². The smallest absolute Gasteiger partial charge is 0.269 e. The van der Waals surface area contributed by atoms with E-state index >= 15 is 0 Å². The molecule has 21 heavy (non-hydrogen) atoms. The van der Waals surface area contributed by atoms with Crippen LogP contribution in [0.3, 0.4) is 0 Å². The number of amides is 1. The summed E-state index contributed by atoms with van der Waals surface area (Å²) in [6.45, 7) is 6.88. The van der Waals surface area contributed by atoms with Crippen molar-refractivity contribution in [1.82, 2.24) is 15.1 Å². The molecule has 1 aliphatic carbocycles. The van der Waals surface area contributed by atoms with Crippen molar-refractivity contribution in [2.24, 2.45) is 13.0 Å². The van der Waals surface area contributed by atoms with E-state index in [0.717, 1.165) is 31.4 Å². The average Bonchev–Trinajstić information content (AvgIpc) is 2.78. The van der Waals surface area contributed by atoms with Gasteiger partial charge in [0.15, 0.2) is 0 Å². The van der Waals surface area contributed by atoms with Crippen molar-refractivity contribution >= 4 is 5.91 Å². The Morgan fingerprint density at radius 1 is 1.48 bits per heavy atom. The third-order valence-corrected chi connectivity index (χ3v) is 4.19. The number of aromatic nitrogens is 2. The summed E-state index contributed by atoms with van der Waals surface area (Å²) in [4.78, 5) is 12.3. The number of rotatable bonds is 3. The summed E-state index contributed by atoms with van der Waals surface area (Å²) in [6, 6.07) is 1.87. The SMILES string of the molecule is Cn1nc(C(C)(C)C)cc1C(=O)NCC1CCCC(O)C1. The minimum Gasteiger partial charge on any atom is -0.393 e. The Balaban J connectivity index is 1.96. The van der Waals surface area contributed by atoms with Crippen LogP contribution >= 0.6 is 0 Å². The molecule has 0 aromatic carbocycles. The van der Waals surface area contributed by atoms with Crippen molar-refractivity contribution in [3.63, 3.8) is 0 Å². The second-order valence-corrected chi connectivity index (χ2v) is 7.18. The van der Waals surface area contributed by atoms with Crippen molar-refractivity contribution in [3.8, 4) is 0 Å². The highest BCUT2D eigenvalue weighted by Gasteiger charge is 2.23. The van der Waals surface area contributed by atoms with Crippen LogP contribution in [0.25, 0.3) is 0 Å². The molecule has 1 aromatic heterocycles. The van der Waals surface area contributed by atoms with E-state index in [2.05, 4.69) is 31.2 Å². The first kappa shape index (κ1) is 16.0. The highest BCUT2D eigenvalue weighted by Crippen LogP contribution is 2.24. The fourth-order valence-electron chi connectivity index (χ4n) is 2.82. The molecule has 1 aliphatic rings. The van der Waals surface area contributed by atoms with Crippen molar-refractivity contribution in [2.75, 3.05) is 6.54 Å². The Hall–Kier alpha value is -1.36. The predicted octanol–water partition coefficient (Wildman–Crippen LogP) is 2.00. The lowest BCUT2D eigenvalue weighted by atomic mass is 9.87. The molecule has 0 saturated heterocycles. The molecular weight excluding hydrogens is 266 g/mol. The Morgan fingerprint density at radius 3 is 2.76 bits per heavy atom. The Morgan fingerprint density at radius 2 is 2.19 bits per heavy atom. The van der Waals surface area contributed by atoms with Crippen LogP contribution < -0.4 is 5.32 Å². The first-order valence-corrected chi connectivity index (χ1v) is 7.78. The van der Waals surface area contributed by atoms with E-state index in [-0.39, 0.29) is 17.4 Å². The Bertz CT molecular complexity index is 502. The molecule has 1 saturated carbocycles. The van der Waals surface area contributed by atoms with Gasteiger partial charge in [0.1, 0.15) is 5.69 Å². The summed E-state index contributed by atoms with van der Waals surface area (Å²) < 4.78 is 1.64. The summed E-state index contributed by atoms with van der Waals surface area (Å²) >= 11 is 0. The van der Waals surface area contributed by atoms with E-state index in [1.54, 1.807) is 11.7 Å². The molecule has 2 atom stereocenters. The number of nitrogens with one attached hydrogen (secondary N) is 1. The van der Waals surface area contributed by atoms with Crippen LogP contribution in [0.1, 0.15) is 62.6 Å². The zero-order chi connectivity index (χ0) is 15.6. The van der Waals surface area contributed by atoms with Crippen molar-refractivity contribution in [1.29, 1.82) is 0 Å². The summed E-state index contributed by atoms with van der Waals surface area (Å²) in [6.07, 6.45) is 3.60. The second-order valence-electron chi connectivity index (χ2n) is 7.18. The van der Waals surface area contributed by atoms with Gasteiger partial charge in [-0.15, -0.1) is 0 Å². The number of hydrogen-bond donors (Lipinski definition) is 2. The van der Waals surface area contributed by atoms with Crippen LogP contribution in [-0.4, -0.2) is 33.4 Å². The van der Waals surface area contributed by atoms with Gasteiger partial charge in [-0.25, -0.2) is 0 Å². The predicted molar refractivity (Wildman–Crippen MR) is 82.2 cm³/mol. The fourth-order valence-corrected chi connectivity index (χ4v) is 2.82. The quantitative estimate of drug-likeness (QED) is 0.895. The van der Waals surface area contributed by atoms with E-state index in [4.69, 9.17) is 0 Å². The molecule has 2 rings (SSSR count). The zero-order valence-corrected chi connectivity index (χ0v) is 13.5. The van der Waals surface area contributed by atoms with Gasteiger partial charge in [0.2, 0.25) is 0 Å². The lowest BCUT2D eigenvalue weighted by Gasteiger charge is -2.25. The molecule has 1 fully saturated rings. The fraction of sp³-hybridized carbons (Fsp3) is 0.750. The van der Waals surface area contributed by atoms with Crippen molar-refractivity contribution in [3.05, 3.63) is 17.5 Å². The number of aliphatic hydroxyl groups excluding tert-OH is 1. The van der Waals surface area contributed by atoms with Gasteiger partial charge >= 0.3 is 0 Å². The molecule has 1 aromatic rings. The van der Waals surface area contributed by atoms with Crippen LogP contribution in [0.15, 0.2) is 6.07 Å². The molecule has 0 bridgehead atoms. The number of hydrogen-bond acceptors (Lipinski definition) is 3. The van der Waals surface area contributed by atoms with E-state index in [1.807, 2.05) is 6.07 Å². The van der Waals surface area contributed by atoms with Gasteiger partial charge in [-0.3, -0.25) is 9.48 Å². The van der Waals surface area contributed by atoms with Gasteiger partial charge in [0, 0.05) is 19.0 Å². The minimum atomic E-state index is -0.204. The maximum Gasteiger partial charge on any atom is 0.269 e. The highest BCUT2D eigenvalue weighted by atomic mass is 16.3. The number of aryl methyl sites for hydroxylation is 1. The number of carbonyl (C=O) groups is 1. The van der Waals surface area contributed by atoms with Crippen molar-refractivity contribution < 1.29 is 9.90 Å². The topological polar surface area (TPSA) is 67.2 Å². The molecular formula is C16H27N3O2. The molecule has 5 nitrogen and oxygen atoms in total. The largest absolute Gasteiger partial charge is 0.393 e. The molecule has 0 radical (unpaired) electrons. The third kappa shape index (κ3) is 4.06. The normalized spacial score (nSPS) is 23.1. The van der Waals surface area contributed by atoms with Gasteiger partial charge in [0.25, 0.3) is 5.91 Å². The highest BCUT2D eigenvalue weighted by molar-refractivity contribution is 5.92. The van der Waals surface area contributed by atoms with Crippen LogP contribution in [-0.2, 0) is 12.5 Å². The van der Waals surface area contributed by atoms with Gasteiger partial charge in [0.05, 0.1) is 11.8 Å². The zero-order valence-electron chi connectivity index (χ0n) is 13.5. The first-order chi connectivity index (χ1) is 9.77. The van der Waals surface area contributed by atoms with Crippen LogP contribution in [0, 0.1) is 5.92 Å². The van der Waals surface area contributed by atoms with E-state index in [9.17, 15) is 9.90 Å². The van der Waals surface area contributed by atoms with Gasteiger partial charge in [-0.05, 0) is 31.2 Å². The maximum atomic E-state index is 12.3. The van der Waals surface area contributed by atoms with E-state index < -0.39 is 0 Å². The van der Waals surface area contributed by atoms with Crippen LogP contribution in [0.5, 0.6) is 0 Å². The lowest BCUT2D eigenvalue weighted by molar-refractivity contribution is 0.0867. The lowest BCUT2D eigenvalue weighted by Crippen LogP contribution is -2.33. The molecule has 0 spiro atoms. The summed E-state index contributed by atoms with van der Waals surface area (Å²) in [5.74, 6) is 0.300. The average molecular weight is 293 g/mol. The standard InChI is InChI=1S/C16H27N3O2/c1-16(2,3)14-9-13(19(4)18-14)15(21)17-10-11-6-5-7-12(20)8-11/h9,11-12,20H,5-8,10H2,1-4H3,(H,17,21). The molecule has 1 amide bonds. The van der Waals surface area contributed by atoms with E-state index in [0.29, 0.717) is 18.2 Å². The van der Waals surface area contributed by atoms with Crippen LogP contribution in [0.4, 0.5) is 0 Å². The number of nitrogens with zero attached hydrogens (tertiary/aromatic N) is 2. The van der Waals surface area contributed by atoms with Crippen LogP contribution in [0.2, 0.25) is 0 Å². The number of carbonyl (C=O) groups excluding carboxylic acids is 1. The first-order valence-electron chi connectivity index (χ1n) is 7.78. The Kier molecular flexibility index (Phi) is 4.71. The molecule has 1 heterocycles. The second kappa shape index (κ2) is 6.18. The monoisotopic (exact) mass is 293 g/mol. The third-order valence-electron chi connectivity index (χ3n) is 4.19. The summed E-state index contributed by atoms with van der Waals surface area (Å²) in [5, 5.41) is 17.1. The molecule has 5 heteroatoms. The van der Waals surface area contributed by atoms with Crippen molar-refractivity contribution in [2.45, 2.75) is 58.0 Å². The summed E-state index contributed by atoms with van der Waals surface area (Å²) in [5.41, 5.74) is 1.45. The van der Waals surface area contributed by atoms with E-state index in [1.165, 1.54) is 0 Å². The maximum absolute atomic E-state index is 12.3. The minimum absolute atomic E-state index is 0.0657.